The Morgan fingerprint density at radius 1 is 0.732 bits per heavy atom. The van der Waals surface area contributed by atoms with E-state index in [4.69, 9.17) is 23.7 Å². The van der Waals surface area contributed by atoms with E-state index in [-0.39, 0.29) is 15.4 Å². The van der Waals surface area contributed by atoms with E-state index in [9.17, 15) is 18.0 Å². The van der Waals surface area contributed by atoms with E-state index in [0.29, 0.717) is 16.5 Å². The second-order valence-corrected chi connectivity index (χ2v) is 14.6. The van der Waals surface area contributed by atoms with Crippen LogP contribution in [0.25, 0.3) is 0 Å². The summed E-state index contributed by atoms with van der Waals surface area (Å²) in [6.45, 7) is 16.2. The molecule has 0 atom stereocenters. The van der Waals surface area contributed by atoms with Crippen LogP contribution in [0.1, 0.15) is 71.3 Å². The number of hydrogen-bond acceptors (Lipinski definition) is 8. The summed E-state index contributed by atoms with van der Waals surface area (Å²) in [6.07, 6.45) is 0. The molecular formula is C28H37B2NO9S. The van der Waals surface area contributed by atoms with Crippen molar-refractivity contribution in [1.82, 2.24) is 5.32 Å². The average molecular weight is 585 g/mol. The van der Waals surface area contributed by atoms with Gasteiger partial charge in [0.1, 0.15) is 6.54 Å². The van der Waals surface area contributed by atoms with Crippen LogP contribution in [0.3, 0.4) is 0 Å². The topological polar surface area (TPSA) is 137 Å². The van der Waals surface area contributed by atoms with Crippen LogP contribution in [-0.2, 0) is 33.2 Å². The summed E-state index contributed by atoms with van der Waals surface area (Å²) in [4.78, 5) is 23.8. The molecule has 0 bridgehead atoms. The highest BCUT2D eigenvalue weighted by Gasteiger charge is 2.53. The molecule has 2 heterocycles. The minimum Gasteiger partial charge on any atom is -0.480 e. The van der Waals surface area contributed by atoms with Crippen LogP contribution in [0.15, 0.2) is 46.2 Å². The summed E-state index contributed by atoms with van der Waals surface area (Å²) in [6, 6.07) is 8.95. The Kier molecular flexibility index (Phi) is 7.80. The highest BCUT2D eigenvalue weighted by Crippen LogP contribution is 2.38. The van der Waals surface area contributed by atoms with Gasteiger partial charge in [-0.1, -0.05) is 11.6 Å². The fourth-order valence-corrected chi connectivity index (χ4v) is 5.94. The van der Waals surface area contributed by atoms with Gasteiger partial charge in [0.25, 0.3) is 5.91 Å². The van der Waals surface area contributed by atoms with E-state index >= 15 is 0 Å². The fourth-order valence-electron chi connectivity index (χ4n) is 4.46. The molecule has 2 aliphatic rings. The maximum atomic E-state index is 14.1. The normalized spacial score (nSPS) is 20.7. The van der Waals surface area contributed by atoms with Crippen LogP contribution in [-0.4, -0.2) is 68.6 Å². The van der Waals surface area contributed by atoms with Gasteiger partial charge in [-0.05, 0) is 104 Å². The van der Waals surface area contributed by atoms with Gasteiger partial charge in [0.15, 0.2) is 0 Å². The number of carboxylic acid groups (broad SMARTS) is 1. The first kappa shape index (κ1) is 31.2. The number of carbonyl (C=O) groups is 2. The van der Waals surface area contributed by atoms with Crippen LogP contribution < -0.4 is 16.2 Å². The number of aliphatic carboxylic acids is 1. The quantitative estimate of drug-likeness (QED) is 0.469. The third-order valence-corrected chi connectivity index (χ3v) is 10.0. The number of sulfone groups is 1. The smallest absolute Gasteiger partial charge is 0.480 e. The number of hydrogen-bond donors (Lipinski definition) is 2. The molecule has 1 amide bonds. The summed E-state index contributed by atoms with van der Waals surface area (Å²) in [7, 11) is -5.92. The average Bonchev–Trinajstić information content (AvgIpc) is 3.21. The molecule has 0 aromatic heterocycles. The highest BCUT2D eigenvalue weighted by molar-refractivity contribution is 7.91. The number of benzene rings is 2. The molecule has 0 spiro atoms. The van der Waals surface area contributed by atoms with Gasteiger partial charge in [0.2, 0.25) is 9.84 Å². The molecule has 220 valence electrons. The number of carbonyl (C=O) groups excluding carboxylic acids is 1. The molecule has 2 aromatic carbocycles. The zero-order valence-corrected chi connectivity index (χ0v) is 25.8. The van der Waals surface area contributed by atoms with Crippen molar-refractivity contribution in [2.24, 2.45) is 0 Å². The lowest BCUT2D eigenvalue weighted by Crippen LogP contribution is -2.41. The Hall–Kier alpha value is -2.70. The third-order valence-electron chi connectivity index (χ3n) is 8.34. The van der Waals surface area contributed by atoms with E-state index in [2.05, 4.69) is 5.32 Å². The minimum atomic E-state index is -4.19. The second kappa shape index (κ2) is 10.2. The molecule has 10 nitrogen and oxygen atoms in total. The molecule has 4 rings (SSSR count). The number of amides is 1. The van der Waals surface area contributed by atoms with E-state index in [1.54, 1.807) is 6.92 Å². The maximum absolute atomic E-state index is 14.1. The van der Waals surface area contributed by atoms with Crippen LogP contribution in [0.4, 0.5) is 0 Å². The summed E-state index contributed by atoms with van der Waals surface area (Å²) in [5.74, 6) is -1.98. The summed E-state index contributed by atoms with van der Waals surface area (Å²) in [5.41, 5.74) is -1.17. The lowest BCUT2D eigenvalue weighted by atomic mass is 9.78. The van der Waals surface area contributed by atoms with Crippen molar-refractivity contribution < 1.29 is 41.7 Å². The molecule has 2 N–H and O–H groups in total. The van der Waals surface area contributed by atoms with Crippen molar-refractivity contribution in [3.63, 3.8) is 0 Å². The minimum absolute atomic E-state index is 0.00910. The zero-order chi connectivity index (χ0) is 30.8. The fraction of sp³-hybridized carbons (Fsp3) is 0.500. The second-order valence-electron chi connectivity index (χ2n) is 12.6. The van der Waals surface area contributed by atoms with Crippen molar-refractivity contribution in [3.05, 3.63) is 47.5 Å². The van der Waals surface area contributed by atoms with Crippen LogP contribution in [0, 0.1) is 6.92 Å². The lowest BCUT2D eigenvalue weighted by molar-refractivity contribution is -0.135. The van der Waals surface area contributed by atoms with Gasteiger partial charge in [0, 0.05) is 5.56 Å². The Morgan fingerprint density at radius 2 is 1.15 bits per heavy atom. The van der Waals surface area contributed by atoms with Crippen molar-refractivity contribution in [2.75, 3.05) is 6.54 Å². The van der Waals surface area contributed by atoms with Gasteiger partial charge in [0.05, 0.1) is 32.2 Å². The number of nitrogens with one attached hydrogen (secondary N) is 1. The van der Waals surface area contributed by atoms with Gasteiger partial charge in [-0.2, -0.15) is 0 Å². The lowest BCUT2D eigenvalue weighted by Gasteiger charge is -2.32. The molecule has 2 saturated heterocycles. The molecule has 0 aliphatic carbocycles. The molecular weight excluding hydrogens is 548 g/mol. The summed E-state index contributed by atoms with van der Waals surface area (Å²) < 4.78 is 52.7. The first-order valence-electron chi connectivity index (χ1n) is 13.4. The first-order chi connectivity index (χ1) is 18.6. The van der Waals surface area contributed by atoms with Crippen molar-refractivity contribution in [3.8, 4) is 0 Å². The van der Waals surface area contributed by atoms with Gasteiger partial charge < -0.3 is 29.0 Å². The Labute approximate surface area is 242 Å². The van der Waals surface area contributed by atoms with E-state index < -0.39 is 64.9 Å². The highest BCUT2D eigenvalue weighted by atomic mass is 32.2. The molecule has 41 heavy (non-hydrogen) atoms. The standard InChI is InChI=1S/C28H37B2NO9S/c1-17-10-19(29-37-25(2,3)26(4,5)38-29)14-21(11-17)41(35,36)22-13-18(24(34)31-16-23(32)33)12-20(15-22)30-39-27(6,7)28(8,9)40-30/h10-15H,16H2,1-9H3,(H,31,34)(H,32,33). The van der Waals surface area contributed by atoms with E-state index in [1.165, 1.54) is 30.3 Å². The molecule has 2 fully saturated rings. The van der Waals surface area contributed by atoms with Crippen molar-refractivity contribution in [1.29, 1.82) is 0 Å². The van der Waals surface area contributed by atoms with Crippen LogP contribution in [0.5, 0.6) is 0 Å². The van der Waals surface area contributed by atoms with E-state index in [0.717, 1.165) is 0 Å². The number of aryl methyl sites for hydroxylation is 1. The van der Waals surface area contributed by atoms with Crippen LogP contribution in [0.2, 0.25) is 0 Å². The predicted octanol–water partition coefficient (Wildman–Crippen LogP) is 2.24. The first-order valence-corrected chi connectivity index (χ1v) is 14.9. The molecule has 2 aromatic rings. The Morgan fingerprint density at radius 3 is 1.59 bits per heavy atom. The maximum Gasteiger partial charge on any atom is 0.494 e. The molecule has 0 saturated carbocycles. The SMILES string of the molecule is Cc1cc(B2OC(C)(C)C(C)(C)O2)cc(S(=O)(=O)c2cc(B3OC(C)(C)C(C)(C)O3)cc(C(=O)NCC(=O)O)c2)c1. The summed E-state index contributed by atoms with van der Waals surface area (Å²) >= 11 is 0. The predicted molar refractivity (Wildman–Crippen MR) is 154 cm³/mol. The number of carboxylic acids is 1. The Balaban J connectivity index is 1.80. The molecule has 0 unspecified atom stereocenters. The Bertz CT molecular complexity index is 1470. The largest absolute Gasteiger partial charge is 0.494 e. The van der Waals surface area contributed by atoms with E-state index in [1.807, 2.05) is 61.5 Å². The van der Waals surface area contributed by atoms with Gasteiger partial charge in [-0.15, -0.1) is 0 Å². The molecule has 2 aliphatic heterocycles. The third kappa shape index (κ3) is 5.96. The zero-order valence-electron chi connectivity index (χ0n) is 24.9. The van der Waals surface area contributed by atoms with Crippen molar-refractivity contribution in [2.45, 2.75) is 94.5 Å². The van der Waals surface area contributed by atoms with Crippen LogP contribution >= 0.6 is 0 Å². The van der Waals surface area contributed by atoms with Gasteiger partial charge >= 0.3 is 20.2 Å². The van der Waals surface area contributed by atoms with Crippen molar-refractivity contribution >= 4 is 46.9 Å². The van der Waals surface area contributed by atoms with Gasteiger partial charge in [-0.3, -0.25) is 9.59 Å². The summed E-state index contributed by atoms with van der Waals surface area (Å²) in [5, 5.41) is 11.3. The molecule has 0 radical (unpaired) electrons. The van der Waals surface area contributed by atoms with Gasteiger partial charge in [-0.25, -0.2) is 8.42 Å². The monoisotopic (exact) mass is 585 g/mol. The molecule has 13 heteroatoms. The number of rotatable bonds is 7.